The summed E-state index contributed by atoms with van der Waals surface area (Å²) in [5, 5.41) is 5.69. The summed E-state index contributed by atoms with van der Waals surface area (Å²) in [6.45, 7) is 9.67. The second-order valence-electron chi connectivity index (χ2n) is 8.81. The van der Waals surface area contributed by atoms with Crippen LogP contribution in [0.2, 0.25) is 0 Å². The lowest BCUT2D eigenvalue weighted by Gasteiger charge is -2.22. The van der Waals surface area contributed by atoms with Gasteiger partial charge in [-0.2, -0.15) is 18.2 Å². The Morgan fingerprint density at radius 3 is 2.26 bits per heavy atom. The monoisotopic (exact) mass is 474 g/mol. The molecule has 6 nitrogen and oxygen atoms in total. The Kier molecular flexibility index (Phi) is 7.54. The second-order valence-corrected chi connectivity index (χ2v) is 8.81. The van der Waals surface area contributed by atoms with Crippen LogP contribution in [0, 0.1) is 0 Å². The lowest BCUT2D eigenvalue weighted by atomic mass is 10.2. The lowest BCUT2D eigenvalue weighted by Crippen LogP contribution is -2.22. The molecule has 0 radical (unpaired) electrons. The molecule has 3 aromatic rings. The van der Waals surface area contributed by atoms with Gasteiger partial charge in [0, 0.05) is 23.6 Å². The van der Waals surface area contributed by atoms with Gasteiger partial charge in [-0.05, 0) is 70.5 Å². The summed E-state index contributed by atoms with van der Waals surface area (Å²) in [7, 11) is 0. The van der Waals surface area contributed by atoms with E-state index in [1.807, 2.05) is 34.6 Å². The van der Waals surface area contributed by atoms with E-state index in [1.165, 1.54) is 0 Å². The SMILES string of the molecule is CCC(C)Oc1ccc(Nc2ncc(C(F)(F)F)c(Nc3cccc(OC(C)(C)C)c3)n2)cc1. The molecule has 9 heteroatoms. The van der Waals surface area contributed by atoms with Gasteiger partial charge in [0.2, 0.25) is 5.95 Å². The summed E-state index contributed by atoms with van der Waals surface area (Å²) in [6.07, 6.45) is -2.92. The summed E-state index contributed by atoms with van der Waals surface area (Å²) in [6, 6.07) is 13.7. The molecule has 1 aromatic heterocycles. The molecule has 1 atom stereocenters. The molecule has 1 heterocycles. The Morgan fingerprint density at radius 1 is 0.941 bits per heavy atom. The molecule has 0 fully saturated rings. The lowest BCUT2D eigenvalue weighted by molar-refractivity contribution is -0.137. The quantitative estimate of drug-likeness (QED) is 0.356. The van der Waals surface area contributed by atoms with Crippen molar-refractivity contribution in [1.29, 1.82) is 0 Å². The van der Waals surface area contributed by atoms with Gasteiger partial charge in [0.15, 0.2) is 0 Å². The zero-order valence-corrected chi connectivity index (χ0v) is 19.8. The third-order valence-electron chi connectivity index (χ3n) is 4.64. The molecule has 2 N–H and O–H groups in total. The minimum Gasteiger partial charge on any atom is -0.491 e. The van der Waals surface area contributed by atoms with Gasteiger partial charge >= 0.3 is 6.18 Å². The molecule has 0 amide bonds. The van der Waals surface area contributed by atoms with Crippen molar-refractivity contribution in [1.82, 2.24) is 9.97 Å². The van der Waals surface area contributed by atoms with Crippen LogP contribution in [0.3, 0.4) is 0 Å². The highest BCUT2D eigenvalue weighted by Crippen LogP contribution is 2.36. The van der Waals surface area contributed by atoms with Crippen LogP contribution in [-0.2, 0) is 6.18 Å². The number of rotatable bonds is 8. The highest BCUT2D eigenvalue weighted by atomic mass is 19.4. The van der Waals surface area contributed by atoms with E-state index in [0.717, 1.165) is 12.6 Å². The highest BCUT2D eigenvalue weighted by Gasteiger charge is 2.35. The number of nitrogens with zero attached hydrogens (tertiary/aromatic N) is 2. The molecule has 0 saturated heterocycles. The molecule has 0 aliphatic rings. The first kappa shape index (κ1) is 25.1. The fraction of sp³-hybridized carbons (Fsp3) is 0.360. The number of anilines is 4. The maximum Gasteiger partial charge on any atom is 0.421 e. The van der Waals surface area contributed by atoms with E-state index >= 15 is 0 Å². The third kappa shape index (κ3) is 7.26. The third-order valence-corrected chi connectivity index (χ3v) is 4.64. The predicted octanol–water partition coefficient (Wildman–Crippen LogP) is 7.34. The van der Waals surface area contributed by atoms with Crippen molar-refractivity contribution in [2.24, 2.45) is 0 Å². The van der Waals surface area contributed by atoms with Gasteiger partial charge in [-0.1, -0.05) is 13.0 Å². The van der Waals surface area contributed by atoms with E-state index in [-0.39, 0.29) is 17.9 Å². The van der Waals surface area contributed by atoms with Gasteiger partial charge in [0.05, 0.1) is 6.10 Å². The summed E-state index contributed by atoms with van der Waals surface area (Å²) >= 11 is 0. The van der Waals surface area contributed by atoms with Crippen molar-refractivity contribution in [2.45, 2.75) is 58.9 Å². The number of hydrogen-bond acceptors (Lipinski definition) is 6. The van der Waals surface area contributed by atoms with Crippen LogP contribution in [0.25, 0.3) is 0 Å². The molecular weight excluding hydrogens is 445 g/mol. The Labute approximate surface area is 197 Å². The molecule has 0 spiro atoms. The number of nitrogens with one attached hydrogen (secondary N) is 2. The van der Waals surface area contributed by atoms with Gasteiger partial charge in [-0.15, -0.1) is 0 Å². The van der Waals surface area contributed by atoms with Gasteiger partial charge in [-0.3, -0.25) is 0 Å². The van der Waals surface area contributed by atoms with Gasteiger partial charge < -0.3 is 20.1 Å². The minimum absolute atomic E-state index is 0.0215. The van der Waals surface area contributed by atoms with E-state index in [1.54, 1.807) is 48.5 Å². The molecule has 0 aliphatic heterocycles. The zero-order chi connectivity index (χ0) is 24.9. The first-order chi connectivity index (χ1) is 15.9. The fourth-order valence-corrected chi connectivity index (χ4v) is 2.93. The molecular formula is C25H29F3N4O2. The normalized spacial score (nSPS) is 12.7. The molecule has 1 unspecified atom stereocenters. The molecule has 0 aliphatic carbocycles. The van der Waals surface area contributed by atoms with Crippen LogP contribution in [-0.4, -0.2) is 21.7 Å². The summed E-state index contributed by atoms with van der Waals surface area (Å²) in [4.78, 5) is 7.95. The number of benzene rings is 2. The van der Waals surface area contributed by atoms with Gasteiger partial charge in [0.25, 0.3) is 0 Å². The largest absolute Gasteiger partial charge is 0.491 e. The molecule has 34 heavy (non-hydrogen) atoms. The Hall–Kier alpha value is -3.49. The van der Waals surface area contributed by atoms with Crippen molar-refractivity contribution in [3.63, 3.8) is 0 Å². The summed E-state index contributed by atoms with van der Waals surface area (Å²) in [5.74, 6) is 0.883. The number of ether oxygens (including phenoxy) is 2. The first-order valence-electron chi connectivity index (χ1n) is 11.0. The van der Waals surface area contributed by atoms with E-state index in [0.29, 0.717) is 22.9 Å². The number of hydrogen-bond donors (Lipinski definition) is 2. The van der Waals surface area contributed by atoms with Crippen molar-refractivity contribution >= 4 is 23.1 Å². The van der Waals surface area contributed by atoms with Crippen LogP contribution >= 0.6 is 0 Å². The fourth-order valence-electron chi connectivity index (χ4n) is 2.93. The van der Waals surface area contributed by atoms with E-state index in [4.69, 9.17) is 9.47 Å². The van der Waals surface area contributed by atoms with E-state index < -0.39 is 17.3 Å². The maximum atomic E-state index is 13.6. The summed E-state index contributed by atoms with van der Waals surface area (Å²) in [5.41, 5.74) is -0.402. The van der Waals surface area contributed by atoms with Gasteiger partial charge in [-0.25, -0.2) is 4.98 Å². The highest BCUT2D eigenvalue weighted by molar-refractivity contribution is 5.64. The second kappa shape index (κ2) is 10.2. The number of alkyl halides is 3. The standard InChI is InChI=1S/C25H29F3N4O2/c1-6-16(2)33-19-12-10-17(11-13-19)31-23-29-15-21(25(26,27)28)22(32-23)30-18-8-7-9-20(14-18)34-24(3,4)5/h7-16H,6H2,1-5H3,(H2,29,30,31,32). The van der Waals surface area contributed by atoms with Crippen LogP contribution in [0.5, 0.6) is 11.5 Å². The average molecular weight is 475 g/mol. The Bertz CT molecular complexity index is 1100. The van der Waals surface area contributed by atoms with E-state index in [2.05, 4.69) is 20.6 Å². The van der Waals surface area contributed by atoms with Crippen molar-refractivity contribution in [3.8, 4) is 11.5 Å². The topological polar surface area (TPSA) is 68.3 Å². The van der Waals surface area contributed by atoms with Crippen LogP contribution in [0.4, 0.5) is 36.3 Å². The molecule has 2 aromatic carbocycles. The molecule has 0 bridgehead atoms. The van der Waals surface area contributed by atoms with Crippen LogP contribution in [0.15, 0.2) is 54.7 Å². The summed E-state index contributed by atoms with van der Waals surface area (Å²) < 4.78 is 52.4. The van der Waals surface area contributed by atoms with Crippen molar-refractivity contribution < 1.29 is 22.6 Å². The van der Waals surface area contributed by atoms with Crippen LogP contribution in [0.1, 0.15) is 46.6 Å². The predicted molar refractivity (Wildman–Crippen MR) is 127 cm³/mol. The smallest absolute Gasteiger partial charge is 0.421 e. The van der Waals surface area contributed by atoms with Crippen molar-refractivity contribution in [2.75, 3.05) is 10.6 Å². The van der Waals surface area contributed by atoms with Crippen molar-refractivity contribution in [3.05, 3.63) is 60.3 Å². The molecule has 182 valence electrons. The van der Waals surface area contributed by atoms with Gasteiger partial charge in [0.1, 0.15) is 28.5 Å². The van der Waals surface area contributed by atoms with Crippen LogP contribution < -0.4 is 20.1 Å². The average Bonchev–Trinajstić information content (AvgIpc) is 2.73. The number of aromatic nitrogens is 2. The number of halogens is 3. The minimum atomic E-state index is -4.63. The molecule has 0 saturated carbocycles. The first-order valence-corrected chi connectivity index (χ1v) is 11.0. The maximum absolute atomic E-state index is 13.6. The molecule has 3 rings (SSSR count). The Balaban J connectivity index is 1.84. The Morgan fingerprint density at radius 2 is 1.65 bits per heavy atom. The zero-order valence-electron chi connectivity index (χ0n) is 19.8. The van der Waals surface area contributed by atoms with E-state index in [9.17, 15) is 13.2 Å².